The molecule has 0 bridgehead atoms. The third-order valence-corrected chi connectivity index (χ3v) is 3.57. The van der Waals surface area contributed by atoms with E-state index >= 15 is 0 Å². The molecule has 0 aromatic carbocycles. The summed E-state index contributed by atoms with van der Waals surface area (Å²) < 4.78 is 23.9. The number of nitrogens with two attached hydrogens (primary N) is 1. The Balaban J connectivity index is 2.25. The summed E-state index contributed by atoms with van der Waals surface area (Å²) in [5.41, 5.74) is 7.43. The maximum absolute atomic E-state index is 11.1. The first-order valence-corrected chi connectivity index (χ1v) is 7.53. The van der Waals surface area contributed by atoms with E-state index < -0.39 is 15.9 Å². The highest BCUT2D eigenvalue weighted by atomic mass is 32.2. The molecule has 0 radical (unpaired) electrons. The minimum Gasteiger partial charge on any atom is -0.321 e. The van der Waals surface area contributed by atoms with E-state index in [1.165, 1.54) is 6.26 Å². The summed E-state index contributed by atoms with van der Waals surface area (Å²) in [6, 6.07) is 1.32. The standard InChI is InChI=1S/C10H15N5O2S/c1-7-5-9-13-14-10(15(9)6-12-7)8(11)3-4-18(2,16)17/h5-6,8H,3-4,11H2,1-2H3. The van der Waals surface area contributed by atoms with Gasteiger partial charge in [-0.1, -0.05) is 0 Å². The molecule has 0 amide bonds. The van der Waals surface area contributed by atoms with Crippen molar-refractivity contribution in [2.75, 3.05) is 12.0 Å². The summed E-state index contributed by atoms with van der Waals surface area (Å²) in [6.45, 7) is 1.86. The molecule has 0 saturated heterocycles. The van der Waals surface area contributed by atoms with Crippen LogP contribution in [0.25, 0.3) is 5.65 Å². The second-order valence-corrected chi connectivity index (χ2v) is 6.60. The number of rotatable bonds is 4. The molecule has 0 aliphatic heterocycles. The summed E-state index contributed by atoms with van der Waals surface area (Å²) in [5, 5.41) is 7.98. The Hall–Kier alpha value is -1.54. The SMILES string of the molecule is Cc1cc2nnc(C(N)CCS(C)(=O)=O)n2cn1. The topological polar surface area (TPSA) is 103 Å². The maximum Gasteiger partial charge on any atom is 0.163 e. The van der Waals surface area contributed by atoms with Crippen LogP contribution < -0.4 is 5.73 Å². The van der Waals surface area contributed by atoms with Gasteiger partial charge >= 0.3 is 0 Å². The fourth-order valence-corrected chi connectivity index (χ4v) is 2.31. The molecule has 1 unspecified atom stereocenters. The lowest BCUT2D eigenvalue weighted by Gasteiger charge is -2.08. The van der Waals surface area contributed by atoms with Gasteiger partial charge in [-0.15, -0.1) is 10.2 Å². The molecule has 2 N–H and O–H groups in total. The Labute approximate surface area is 105 Å². The number of sulfone groups is 1. The van der Waals surface area contributed by atoms with Crippen molar-refractivity contribution in [3.63, 3.8) is 0 Å². The Morgan fingerprint density at radius 1 is 1.44 bits per heavy atom. The Bertz CT molecular complexity index is 664. The average Bonchev–Trinajstić information content (AvgIpc) is 2.67. The van der Waals surface area contributed by atoms with E-state index in [-0.39, 0.29) is 5.75 Å². The van der Waals surface area contributed by atoms with Crippen molar-refractivity contribution in [2.24, 2.45) is 5.73 Å². The van der Waals surface area contributed by atoms with Crippen molar-refractivity contribution in [2.45, 2.75) is 19.4 Å². The average molecular weight is 269 g/mol. The summed E-state index contributed by atoms with van der Waals surface area (Å²) in [4.78, 5) is 4.14. The second kappa shape index (κ2) is 4.62. The summed E-state index contributed by atoms with van der Waals surface area (Å²) in [5.74, 6) is 0.559. The third-order valence-electron chi connectivity index (χ3n) is 2.59. The van der Waals surface area contributed by atoms with Gasteiger partial charge in [-0.2, -0.15) is 0 Å². The van der Waals surface area contributed by atoms with Crippen LogP contribution in [0.3, 0.4) is 0 Å². The van der Waals surface area contributed by atoms with Gasteiger partial charge in [-0.25, -0.2) is 13.4 Å². The quantitative estimate of drug-likeness (QED) is 0.829. The zero-order valence-electron chi connectivity index (χ0n) is 10.2. The highest BCUT2D eigenvalue weighted by molar-refractivity contribution is 7.90. The van der Waals surface area contributed by atoms with Crippen molar-refractivity contribution < 1.29 is 8.42 Å². The largest absolute Gasteiger partial charge is 0.321 e. The molecule has 98 valence electrons. The summed E-state index contributed by atoms with van der Waals surface area (Å²) in [7, 11) is -3.02. The van der Waals surface area contributed by atoms with Gasteiger partial charge in [0, 0.05) is 18.0 Å². The highest BCUT2D eigenvalue weighted by Gasteiger charge is 2.16. The Morgan fingerprint density at radius 3 is 2.83 bits per heavy atom. The molecule has 2 rings (SSSR count). The molecule has 7 nitrogen and oxygen atoms in total. The first-order chi connectivity index (χ1) is 8.37. The van der Waals surface area contributed by atoms with Gasteiger partial charge in [0.25, 0.3) is 0 Å². The number of aromatic nitrogens is 4. The minimum absolute atomic E-state index is 0.0301. The molecular formula is C10H15N5O2S. The van der Waals surface area contributed by atoms with Gasteiger partial charge in [-0.3, -0.25) is 4.40 Å². The predicted octanol–water partition coefficient (Wildman–Crippen LogP) is -0.133. The summed E-state index contributed by atoms with van der Waals surface area (Å²) >= 11 is 0. The molecule has 0 aliphatic carbocycles. The van der Waals surface area contributed by atoms with Crippen molar-refractivity contribution in [1.29, 1.82) is 0 Å². The van der Waals surface area contributed by atoms with E-state index in [0.29, 0.717) is 17.9 Å². The van der Waals surface area contributed by atoms with Crippen LogP contribution in [0.4, 0.5) is 0 Å². The van der Waals surface area contributed by atoms with E-state index in [1.54, 1.807) is 16.8 Å². The predicted molar refractivity (Wildman–Crippen MR) is 66.8 cm³/mol. The molecule has 18 heavy (non-hydrogen) atoms. The van der Waals surface area contributed by atoms with E-state index in [0.717, 1.165) is 5.69 Å². The van der Waals surface area contributed by atoms with Gasteiger partial charge < -0.3 is 5.73 Å². The van der Waals surface area contributed by atoms with Crippen LogP contribution in [-0.4, -0.2) is 40.0 Å². The van der Waals surface area contributed by atoms with Crippen LogP contribution in [0.5, 0.6) is 0 Å². The molecule has 8 heteroatoms. The lowest BCUT2D eigenvalue weighted by Crippen LogP contribution is -2.18. The first kappa shape index (κ1) is 12.9. The molecule has 0 aliphatic rings. The maximum atomic E-state index is 11.1. The van der Waals surface area contributed by atoms with E-state index in [1.807, 2.05) is 6.92 Å². The van der Waals surface area contributed by atoms with Crippen LogP contribution >= 0.6 is 0 Å². The van der Waals surface area contributed by atoms with Gasteiger partial charge in [0.2, 0.25) is 0 Å². The Kier molecular flexibility index (Phi) is 3.31. The number of hydrogen-bond donors (Lipinski definition) is 1. The zero-order chi connectivity index (χ0) is 13.3. The third kappa shape index (κ3) is 2.82. The number of hydrogen-bond acceptors (Lipinski definition) is 6. The monoisotopic (exact) mass is 269 g/mol. The van der Waals surface area contributed by atoms with Crippen molar-refractivity contribution in [1.82, 2.24) is 19.6 Å². The fourth-order valence-electron chi connectivity index (χ4n) is 1.63. The molecular weight excluding hydrogens is 254 g/mol. The van der Waals surface area contributed by atoms with Crippen LogP contribution in [0.15, 0.2) is 12.4 Å². The van der Waals surface area contributed by atoms with Gasteiger partial charge in [0.15, 0.2) is 11.5 Å². The van der Waals surface area contributed by atoms with Crippen LogP contribution in [0.2, 0.25) is 0 Å². The normalized spacial score (nSPS) is 13.9. The molecule has 1 atom stereocenters. The lowest BCUT2D eigenvalue weighted by atomic mass is 10.2. The smallest absolute Gasteiger partial charge is 0.163 e. The van der Waals surface area contributed by atoms with Gasteiger partial charge in [-0.05, 0) is 13.3 Å². The highest BCUT2D eigenvalue weighted by Crippen LogP contribution is 2.14. The van der Waals surface area contributed by atoms with Crippen molar-refractivity contribution >= 4 is 15.5 Å². The van der Waals surface area contributed by atoms with E-state index in [4.69, 9.17) is 5.73 Å². The van der Waals surface area contributed by atoms with Crippen LogP contribution in [-0.2, 0) is 9.84 Å². The zero-order valence-corrected chi connectivity index (χ0v) is 11.1. The van der Waals surface area contributed by atoms with Crippen LogP contribution in [0, 0.1) is 6.92 Å². The second-order valence-electron chi connectivity index (χ2n) is 4.34. The van der Waals surface area contributed by atoms with E-state index in [9.17, 15) is 8.42 Å². The molecule has 0 spiro atoms. The van der Waals surface area contributed by atoms with Crippen LogP contribution in [0.1, 0.15) is 24.0 Å². The molecule has 2 aromatic rings. The number of aryl methyl sites for hydroxylation is 1. The van der Waals surface area contributed by atoms with E-state index in [2.05, 4.69) is 15.2 Å². The van der Waals surface area contributed by atoms with Crippen molar-refractivity contribution in [3.05, 3.63) is 23.9 Å². The Morgan fingerprint density at radius 2 is 2.17 bits per heavy atom. The minimum atomic E-state index is -3.02. The molecule has 2 heterocycles. The van der Waals surface area contributed by atoms with Crippen molar-refractivity contribution in [3.8, 4) is 0 Å². The number of fused-ring (bicyclic) bond motifs is 1. The number of nitrogens with zero attached hydrogens (tertiary/aromatic N) is 4. The lowest BCUT2D eigenvalue weighted by molar-refractivity contribution is 0.584. The molecule has 2 aromatic heterocycles. The first-order valence-electron chi connectivity index (χ1n) is 5.47. The van der Waals surface area contributed by atoms with Gasteiger partial charge in [0.05, 0.1) is 11.8 Å². The van der Waals surface area contributed by atoms with Gasteiger partial charge in [0.1, 0.15) is 16.2 Å². The fraction of sp³-hybridized carbons (Fsp3) is 0.500. The summed E-state index contributed by atoms with van der Waals surface area (Å²) in [6.07, 6.45) is 3.10. The molecule has 0 fully saturated rings. The molecule has 0 saturated carbocycles.